The molecule has 1 amide bonds. The van der Waals surface area contributed by atoms with Crippen molar-refractivity contribution in [1.29, 1.82) is 0 Å². The summed E-state index contributed by atoms with van der Waals surface area (Å²) in [6.45, 7) is 2.92. The van der Waals surface area contributed by atoms with Gasteiger partial charge in [-0.2, -0.15) is 0 Å². The zero-order valence-corrected chi connectivity index (χ0v) is 14.2. The zero-order valence-electron chi connectivity index (χ0n) is 14.2. The zero-order chi connectivity index (χ0) is 18.8. The first-order valence-corrected chi connectivity index (χ1v) is 7.97. The first kappa shape index (κ1) is 19.2. The third-order valence-electron chi connectivity index (χ3n) is 3.11. The molecule has 0 radical (unpaired) electrons. The van der Waals surface area contributed by atoms with Crippen LogP contribution in [-0.2, 0) is 9.47 Å². The van der Waals surface area contributed by atoms with E-state index in [9.17, 15) is 13.6 Å². The van der Waals surface area contributed by atoms with Gasteiger partial charge in [-0.25, -0.2) is 4.99 Å². The van der Waals surface area contributed by atoms with E-state index in [1.807, 2.05) is 6.92 Å². The van der Waals surface area contributed by atoms with Crippen LogP contribution in [0.2, 0.25) is 0 Å². The van der Waals surface area contributed by atoms with Crippen LogP contribution in [0.1, 0.15) is 17.3 Å². The summed E-state index contributed by atoms with van der Waals surface area (Å²) in [5, 5.41) is 8.59. The number of hydrogen-bond acceptors (Lipinski definition) is 6. The molecule has 140 valence electrons. The summed E-state index contributed by atoms with van der Waals surface area (Å²) in [7, 11) is 0. The number of carbonyl (C=O) groups excluding carboxylic acids is 1. The Bertz CT molecular complexity index is 688. The van der Waals surface area contributed by atoms with Gasteiger partial charge in [0.15, 0.2) is 5.96 Å². The number of aliphatic imine (C=N–C) groups is 1. The lowest BCUT2D eigenvalue weighted by Gasteiger charge is -2.14. The highest BCUT2D eigenvalue weighted by molar-refractivity contribution is 6.05. The minimum absolute atomic E-state index is 0.0295. The van der Waals surface area contributed by atoms with Gasteiger partial charge in [0.25, 0.3) is 5.91 Å². The lowest BCUT2D eigenvalue weighted by Crippen LogP contribution is -2.41. The van der Waals surface area contributed by atoms with E-state index in [0.717, 1.165) is 24.8 Å². The molecule has 0 atom stereocenters. The van der Waals surface area contributed by atoms with Gasteiger partial charge in [-0.15, -0.1) is 8.78 Å². The third-order valence-corrected chi connectivity index (χ3v) is 3.11. The summed E-state index contributed by atoms with van der Waals surface area (Å²) in [4.78, 5) is 16.4. The number of carbonyl (C=O) groups is 1. The fraction of sp³-hybridized carbons (Fsp3) is 0.294. The number of benzene rings is 1. The molecule has 0 aromatic heterocycles. The van der Waals surface area contributed by atoms with Gasteiger partial charge in [0.05, 0.1) is 19.1 Å². The van der Waals surface area contributed by atoms with E-state index >= 15 is 0 Å². The number of ether oxygens (including phenoxy) is 2. The van der Waals surface area contributed by atoms with Crippen molar-refractivity contribution in [3.05, 3.63) is 54.5 Å². The predicted octanol–water partition coefficient (Wildman–Crippen LogP) is 2.42. The average molecular weight is 366 g/mol. The molecule has 0 spiro atoms. The van der Waals surface area contributed by atoms with Crippen molar-refractivity contribution in [2.24, 2.45) is 4.99 Å². The average Bonchev–Trinajstić information content (AvgIpc) is 2.60. The Morgan fingerprint density at radius 1 is 1.23 bits per heavy atom. The van der Waals surface area contributed by atoms with Gasteiger partial charge in [-0.1, -0.05) is 0 Å². The van der Waals surface area contributed by atoms with Gasteiger partial charge < -0.3 is 20.1 Å². The highest BCUT2D eigenvalue weighted by Crippen LogP contribution is 2.17. The molecule has 1 heterocycles. The van der Waals surface area contributed by atoms with Gasteiger partial charge >= 0.3 is 6.29 Å². The Morgan fingerprint density at radius 3 is 2.62 bits per heavy atom. The molecule has 0 saturated heterocycles. The molecule has 1 aliphatic rings. The quantitative estimate of drug-likeness (QED) is 0.765. The largest absolute Gasteiger partial charge is 0.584 e. The van der Waals surface area contributed by atoms with Crippen molar-refractivity contribution >= 4 is 17.6 Å². The van der Waals surface area contributed by atoms with Crippen LogP contribution in [0.4, 0.5) is 14.5 Å². The molecule has 1 aliphatic heterocycles. The third kappa shape index (κ3) is 6.42. The second-order valence-electron chi connectivity index (χ2n) is 5.07. The Balaban J connectivity index is 2.01. The fourth-order valence-corrected chi connectivity index (χ4v) is 1.94. The molecular formula is C17H20F2N4O3. The summed E-state index contributed by atoms with van der Waals surface area (Å²) in [6, 6.07) is 6.98. The molecule has 1 aromatic rings. The van der Waals surface area contributed by atoms with Crippen molar-refractivity contribution in [2.45, 2.75) is 13.2 Å². The molecule has 7 nitrogen and oxygen atoms in total. The molecule has 2 rings (SSSR count). The van der Waals surface area contributed by atoms with E-state index in [1.165, 1.54) is 12.2 Å². The molecule has 0 aliphatic carbocycles. The number of guanidine groups is 1. The molecule has 0 bridgehead atoms. The number of anilines is 1. The molecule has 0 fully saturated rings. The first-order chi connectivity index (χ1) is 12.5. The van der Waals surface area contributed by atoms with E-state index < -0.39 is 6.29 Å². The van der Waals surface area contributed by atoms with E-state index in [4.69, 9.17) is 0 Å². The maximum Gasteiger partial charge on any atom is 0.584 e. The summed E-state index contributed by atoms with van der Waals surface area (Å²) >= 11 is 0. The van der Waals surface area contributed by atoms with Crippen LogP contribution in [0.25, 0.3) is 0 Å². The smallest absolute Gasteiger partial charge is 0.408 e. The molecule has 0 saturated carbocycles. The van der Waals surface area contributed by atoms with Crippen molar-refractivity contribution in [2.75, 3.05) is 25.0 Å². The van der Waals surface area contributed by atoms with E-state index in [0.29, 0.717) is 5.56 Å². The lowest BCUT2D eigenvalue weighted by molar-refractivity contribution is -0.350. The fourth-order valence-electron chi connectivity index (χ4n) is 1.94. The second-order valence-corrected chi connectivity index (χ2v) is 5.07. The van der Waals surface area contributed by atoms with E-state index in [1.54, 1.807) is 24.3 Å². The number of amides is 1. The van der Waals surface area contributed by atoms with Crippen LogP contribution in [0.15, 0.2) is 53.9 Å². The summed E-state index contributed by atoms with van der Waals surface area (Å²) in [5.74, 6) is -0.147. The SMILES string of the molecule is CCNc1ccc(C(=O)NC2=NC/C=C/OC(F)(F)O/C=C/CN2)cc1. The molecule has 1 aromatic carbocycles. The Kier molecular flexibility index (Phi) is 6.95. The van der Waals surface area contributed by atoms with Crippen molar-refractivity contribution in [1.82, 2.24) is 10.6 Å². The number of rotatable bonds is 3. The normalized spacial score (nSPS) is 19.1. The minimum Gasteiger partial charge on any atom is -0.408 e. The monoisotopic (exact) mass is 366 g/mol. The van der Waals surface area contributed by atoms with E-state index in [-0.39, 0.29) is 25.0 Å². The van der Waals surface area contributed by atoms with Crippen molar-refractivity contribution in [3.8, 4) is 0 Å². The van der Waals surface area contributed by atoms with Gasteiger partial charge in [0, 0.05) is 24.3 Å². The summed E-state index contributed by atoms with van der Waals surface area (Å²) in [5.41, 5.74) is 1.37. The second kappa shape index (κ2) is 9.40. The topological polar surface area (TPSA) is 84.0 Å². The molecule has 9 heteroatoms. The van der Waals surface area contributed by atoms with Crippen LogP contribution in [0.5, 0.6) is 0 Å². The van der Waals surface area contributed by atoms with Gasteiger partial charge in [-0.3, -0.25) is 10.1 Å². The minimum atomic E-state index is -3.74. The lowest BCUT2D eigenvalue weighted by atomic mass is 10.2. The highest BCUT2D eigenvalue weighted by atomic mass is 19.3. The standard InChI is InChI=1S/C17H20F2N4O3/c1-2-20-14-7-5-13(6-8-14)15(24)23-16-21-9-3-11-25-17(18,19)26-12-4-10-22-16/h3-8,11-12,20H,2,9-10H2,1H3,(H2,21,22,23,24)/b11-3+,12-4+. The van der Waals surface area contributed by atoms with Crippen molar-refractivity contribution < 1.29 is 23.0 Å². The molecule has 0 unspecified atom stereocenters. The Labute approximate surface area is 149 Å². The van der Waals surface area contributed by atoms with Crippen LogP contribution in [0.3, 0.4) is 0 Å². The number of hydrogen-bond donors (Lipinski definition) is 3. The number of halogens is 2. The maximum atomic E-state index is 13.0. The highest BCUT2D eigenvalue weighted by Gasteiger charge is 2.32. The molecule has 3 N–H and O–H groups in total. The number of nitrogens with one attached hydrogen (secondary N) is 3. The predicted molar refractivity (Wildman–Crippen MR) is 93.8 cm³/mol. The number of alkyl halides is 2. The number of nitrogens with zero attached hydrogens (tertiary/aromatic N) is 1. The van der Waals surface area contributed by atoms with Crippen LogP contribution in [-0.4, -0.2) is 37.8 Å². The maximum absolute atomic E-state index is 13.0. The first-order valence-electron chi connectivity index (χ1n) is 7.97. The van der Waals surface area contributed by atoms with Gasteiger partial charge in [0.2, 0.25) is 0 Å². The van der Waals surface area contributed by atoms with Crippen LogP contribution >= 0.6 is 0 Å². The van der Waals surface area contributed by atoms with Gasteiger partial charge in [0.1, 0.15) is 0 Å². The van der Waals surface area contributed by atoms with Crippen molar-refractivity contribution in [3.63, 3.8) is 0 Å². The van der Waals surface area contributed by atoms with Gasteiger partial charge in [-0.05, 0) is 43.3 Å². The molecular weight excluding hydrogens is 346 g/mol. The Hall–Kier alpha value is -3.10. The van der Waals surface area contributed by atoms with Crippen LogP contribution in [0, 0.1) is 0 Å². The summed E-state index contributed by atoms with van der Waals surface area (Å²) < 4.78 is 34.4. The Morgan fingerprint density at radius 2 is 1.92 bits per heavy atom. The van der Waals surface area contributed by atoms with E-state index in [2.05, 4.69) is 30.4 Å². The van der Waals surface area contributed by atoms with Crippen LogP contribution < -0.4 is 16.0 Å². The molecule has 26 heavy (non-hydrogen) atoms. The summed E-state index contributed by atoms with van der Waals surface area (Å²) in [6.07, 6.45) is 0.419.